The lowest BCUT2D eigenvalue weighted by Crippen LogP contribution is -2.40. The Morgan fingerprint density at radius 2 is 0.984 bits per heavy atom. The standard InChI is InChI=1S/C29H42N8O2S2.2C7H8O3S/c1-21-18-24-30-12-6-7-13-31-25-19-22(2)35(5)28(33-25)41-17-11-9-15-37-26(38)20-23(3)36(29(37)39)14-8-10-16-40-27(32-24)34(21)4;2*1-6-2-4-7(5-3-6)11(8,9)10/h18-20H,6-17H2,1-5H3;2*2-5H,1H3,(H,8,9,10). The molecule has 1 aliphatic rings. The van der Waals surface area contributed by atoms with Gasteiger partial charge in [0, 0.05) is 61.6 Å². The minimum Gasteiger partial charge on any atom is -0.744 e. The van der Waals surface area contributed by atoms with E-state index < -0.39 is 20.2 Å². The third-order valence-corrected chi connectivity index (χ3v) is 14.0. The lowest BCUT2D eigenvalue weighted by molar-refractivity contribution is -0.718. The topological polar surface area (TPSA) is 216 Å². The highest BCUT2D eigenvalue weighted by atomic mass is 32.2. The van der Waals surface area contributed by atoms with Gasteiger partial charge in [-0.05, 0) is 131 Å². The molecule has 20 heteroatoms. The molecule has 0 fully saturated rings. The number of hydrogen-bond donors (Lipinski definition) is 2. The van der Waals surface area contributed by atoms with E-state index in [0.717, 1.165) is 113 Å². The van der Waals surface area contributed by atoms with Crippen molar-refractivity contribution in [3.05, 3.63) is 116 Å². The van der Waals surface area contributed by atoms with Crippen molar-refractivity contribution in [2.24, 2.45) is 14.1 Å². The van der Waals surface area contributed by atoms with Crippen molar-refractivity contribution in [1.82, 2.24) is 19.1 Å². The van der Waals surface area contributed by atoms with E-state index in [1.807, 2.05) is 34.9 Å². The van der Waals surface area contributed by atoms with Gasteiger partial charge in [-0.2, -0.15) is 0 Å². The lowest BCUT2D eigenvalue weighted by atomic mass is 10.2. The van der Waals surface area contributed by atoms with Crippen LogP contribution in [0.3, 0.4) is 0 Å². The Morgan fingerprint density at radius 1 is 0.587 bits per heavy atom. The highest BCUT2D eigenvalue weighted by molar-refractivity contribution is 7.99. The summed E-state index contributed by atoms with van der Waals surface area (Å²) in [5, 5.41) is 8.93. The Labute approximate surface area is 379 Å². The average Bonchev–Trinajstić information content (AvgIpc) is 3.21. The van der Waals surface area contributed by atoms with Crippen LogP contribution in [0.4, 0.5) is 11.6 Å². The molecular weight excluding hydrogens is 885 g/mol. The van der Waals surface area contributed by atoms with Gasteiger partial charge in [-0.25, -0.2) is 30.8 Å². The summed E-state index contributed by atoms with van der Waals surface area (Å²) in [4.78, 5) is 35.2. The van der Waals surface area contributed by atoms with Crippen molar-refractivity contribution in [2.45, 2.75) is 106 Å². The zero-order chi connectivity index (χ0) is 46.3. The smallest absolute Gasteiger partial charge is 0.361 e. The summed E-state index contributed by atoms with van der Waals surface area (Å²) in [6.45, 7) is 12.4. The molecule has 5 aromatic rings. The minimum atomic E-state index is -4.27. The Morgan fingerprint density at radius 3 is 1.38 bits per heavy atom. The van der Waals surface area contributed by atoms with E-state index in [0.29, 0.717) is 13.1 Å². The van der Waals surface area contributed by atoms with Crippen LogP contribution >= 0.6 is 23.5 Å². The van der Waals surface area contributed by atoms with Gasteiger partial charge in [0.05, 0.1) is 23.9 Å². The molecule has 0 saturated heterocycles. The number of thioether (sulfide) groups is 2. The lowest BCUT2D eigenvalue weighted by Gasteiger charge is -2.13. The molecule has 63 heavy (non-hydrogen) atoms. The van der Waals surface area contributed by atoms with Crippen LogP contribution in [0.2, 0.25) is 0 Å². The monoisotopic (exact) mass is 942 g/mol. The summed E-state index contributed by atoms with van der Waals surface area (Å²) < 4.78 is 69.7. The molecule has 6 bridgehead atoms. The predicted molar refractivity (Wildman–Crippen MR) is 244 cm³/mol. The first-order valence-corrected chi connectivity index (χ1v) is 25.4. The largest absolute Gasteiger partial charge is 0.744 e. The van der Waals surface area contributed by atoms with Crippen LogP contribution < -0.4 is 31.0 Å². The van der Waals surface area contributed by atoms with E-state index in [1.54, 1.807) is 58.4 Å². The number of rotatable bonds is 2. The highest BCUT2D eigenvalue weighted by Gasteiger charge is 2.18. The molecule has 1 aliphatic heterocycles. The van der Waals surface area contributed by atoms with E-state index in [4.69, 9.17) is 9.97 Å². The van der Waals surface area contributed by atoms with Crippen LogP contribution in [-0.4, -0.2) is 69.6 Å². The average molecular weight is 943 g/mol. The number of anilines is 2. The van der Waals surface area contributed by atoms with Crippen LogP contribution in [0.25, 0.3) is 0 Å². The number of benzene rings is 2. The maximum absolute atomic E-state index is 13.2. The van der Waals surface area contributed by atoms with E-state index >= 15 is 0 Å². The molecule has 0 amide bonds. The van der Waals surface area contributed by atoms with E-state index in [9.17, 15) is 35.5 Å². The maximum Gasteiger partial charge on any atom is 0.361 e. The summed E-state index contributed by atoms with van der Waals surface area (Å²) in [5.41, 5.74) is 4.46. The van der Waals surface area contributed by atoms with Gasteiger partial charge in [-0.3, -0.25) is 13.9 Å². The van der Waals surface area contributed by atoms with Gasteiger partial charge in [0.25, 0.3) is 5.56 Å². The van der Waals surface area contributed by atoms with Crippen molar-refractivity contribution < 1.29 is 35.1 Å². The molecule has 6 rings (SSSR count). The van der Waals surface area contributed by atoms with Crippen LogP contribution in [0.1, 0.15) is 66.7 Å². The van der Waals surface area contributed by atoms with E-state index in [-0.39, 0.29) is 21.0 Å². The second-order valence-corrected chi connectivity index (χ2v) is 20.0. The molecule has 0 aliphatic carbocycles. The normalized spacial score (nSPS) is 14.5. The molecule has 4 heterocycles. The van der Waals surface area contributed by atoms with Crippen LogP contribution in [0, 0.1) is 34.6 Å². The second-order valence-electron chi connectivity index (χ2n) is 15.2. The Hall–Kier alpha value is -4.60. The third kappa shape index (κ3) is 16.2. The molecule has 0 spiro atoms. The van der Waals surface area contributed by atoms with Gasteiger partial charge < -0.3 is 19.7 Å². The zero-order valence-electron chi connectivity index (χ0n) is 36.9. The summed E-state index contributed by atoms with van der Waals surface area (Å²) in [7, 11) is -4.45. The van der Waals surface area contributed by atoms with Gasteiger partial charge in [0.1, 0.15) is 31.6 Å². The number of fused-ring (bicyclic) bond motifs is 6. The molecule has 0 saturated carbocycles. The van der Waals surface area contributed by atoms with Crippen molar-refractivity contribution in [3.8, 4) is 0 Å². The molecule has 3 aromatic heterocycles. The number of nitrogens with zero attached hydrogens (tertiary/aromatic N) is 6. The summed E-state index contributed by atoms with van der Waals surface area (Å²) in [6, 6.07) is 17.3. The van der Waals surface area contributed by atoms with Gasteiger partial charge in [-0.15, -0.1) is 0 Å². The fraction of sp³-hybridized carbons (Fsp3) is 0.442. The zero-order valence-corrected chi connectivity index (χ0v) is 40.2. The summed E-state index contributed by atoms with van der Waals surface area (Å²) in [5.74, 6) is 3.57. The van der Waals surface area contributed by atoms with Crippen molar-refractivity contribution in [1.29, 1.82) is 0 Å². The van der Waals surface area contributed by atoms with Crippen LogP contribution in [0.15, 0.2) is 96.4 Å². The number of aromatic nitrogens is 6. The molecule has 0 unspecified atom stereocenters. The molecule has 2 N–H and O–H groups in total. The maximum atomic E-state index is 13.2. The number of hydrogen-bond acceptors (Lipinski definition) is 14. The van der Waals surface area contributed by atoms with E-state index in [1.165, 1.54) is 28.8 Å². The first-order chi connectivity index (χ1) is 29.7. The number of nitrogens with one attached hydrogen (secondary N) is 2. The fourth-order valence-electron chi connectivity index (χ4n) is 6.12. The second kappa shape index (κ2) is 23.9. The molecule has 0 atom stereocenters. The van der Waals surface area contributed by atoms with E-state index in [2.05, 4.69) is 45.7 Å². The van der Waals surface area contributed by atoms with Gasteiger partial charge in [0.15, 0.2) is 0 Å². The number of aryl methyl sites for hydroxylation is 5. The first-order valence-electron chi connectivity index (χ1n) is 20.6. The van der Waals surface area contributed by atoms with Gasteiger partial charge >= 0.3 is 16.0 Å². The summed E-state index contributed by atoms with van der Waals surface area (Å²) in [6.07, 6.45) is 5.51. The molecule has 342 valence electrons. The molecule has 2 aromatic carbocycles. The van der Waals surface area contributed by atoms with Crippen molar-refractivity contribution >= 4 is 55.4 Å². The fourth-order valence-corrected chi connectivity index (χ4v) is 9.12. The molecular formula is C43H58N8O8S4. The Balaban J connectivity index is 0.000000320. The van der Waals surface area contributed by atoms with Crippen LogP contribution in [-0.2, 0) is 47.4 Å². The Kier molecular flexibility index (Phi) is 19.4. The minimum absolute atomic E-state index is 0.178. The van der Waals surface area contributed by atoms with Crippen molar-refractivity contribution in [3.63, 3.8) is 0 Å². The van der Waals surface area contributed by atoms with Crippen molar-refractivity contribution in [2.75, 3.05) is 35.2 Å². The van der Waals surface area contributed by atoms with Gasteiger partial charge in [-0.1, -0.05) is 35.4 Å². The highest BCUT2D eigenvalue weighted by Crippen LogP contribution is 2.19. The van der Waals surface area contributed by atoms with Gasteiger partial charge in [0.2, 0.25) is 11.6 Å². The first kappa shape index (κ1) is 51.0. The molecule has 16 nitrogen and oxygen atoms in total. The third-order valence-electron chi connectivity index (χ3n) is 10.1. The Bertz CT molecular complexity index is 2580. The van der Waals surface area contributed by atoms with Crippen LogP contribution in [0.5, 0.6) is 0 Å². The quantitative estimate of drug-likeness (QED) is 0.136. The summed E-state index contributed by atoms with van der Waals surface area (Å²) >= 11 is 3.45. The predicted octanol–water partition coefficient (Wildman–Crippen LogP) is 4.94. The molecule has 0 radical (unpaired) electrons. The SMILES string of the molecule is Cc1cc(=O)n2c(=O)n1CCCCSc1nc(cc(C)[n+]1C)NCCCCNc1cc(C)[n+](C)c(n1)SCCCC2.Cc1ccc(S(=O)(=O)[O-])cc1.Cc1ccc(S(=O)(=O)[O-])cc1.